The number of rotatable bonds is 2. The first-order chi connectivity index (χ1) is 11.8. The molecule has 0 aliphatic carbocycles. The maximum absolute atomic E-state index is 11.1. The molecule has 0 bridgehead atoms. The van der Waals surface area contributed by atoms with Crippen LogP contribution in [0.2, 0.25) is 0 Å². The first-order valence-corrected chi connectivity index (χ1v) is 7.17. The van der Waals surface area contributed by atoms with Gasteiger partial charge in [0.25, 0.3) is 0 Å². The maximum atomic E-state index is 11.1. The molecule has 0 heterocycles. The van der Waals surface area contributed by atoms with Crippen LogP contribution in [0.4, 0.5) is 0 Å². The van der Waals surface area contributed by atoms with Crippen LogP contribution in [-0.4, -0.2) is 35.1 Å². The fraction of sp³-hybridized carbons (Fsp3) is 0.158. The summed E-state index contributed by atoms with van der Waals surface area (Å²) >= 11 is 0. The van der Waals surface area contributed by atoms with E-state index in [9.17, 15) is 9.59 Å². The Kier molecular flexibility index (Phi) is 14.8. The molecule has 2 aromatic rings. The van der Waals surface area contributed by atoms with Crippen molar-refractivity contribution in [2.75, 3.05) is 7.11 Å². The number of aryl methyl sites for hydroxylation is 2. The first-order valence-electron chi connectivity index (χ1n) is 7.17. The van der Waals surface area contributed by atoms with Crippen LogP contribution >= 0.6 is 0 Å². The van der Waals surface area contributed by atoms with E-state index in [2.05, 4.69) is 4.74 Å². The topological polar surface area (TPSA) is 173 Å². The molecule has 0 unspecified atom stereocenters. The van der Waals surface area contributed by atoms with E-state index in [0.717, 1.165) is 5.56 Å². The van der Waals surface area contributed by atoms with Crippen LogP contribution in [0.3, 0.4) is 0 Å². The van der Waals surface area contributed by atoms with Crippen LogP contribution in [0.5, 0.6) is 0 Å². The predicted octanol–water partition coefficient (Wildman–Crippen LogP) is -0.779. The summed E-state index contributed by atoms with van der Waals surface area (Å²) in [5, 5.41) is 25.7. The summed E-state index contributed by atoms with van der Waals surface area (Å²) < 4.78 is 4.57. The number of carbonyl (C=O) groups excluding carboxylic acids is 1. The van der Waals surface area contributed by atoms with Gasteiger partial charge in [0.05, 0.1) is 41.5 Å². The number of hydrogen-bond acceptors (Lipinski definition) is 6. The number of nitriles is 2. The number of carbonyl (C=O) groups is 2. The third-order valence-corrected chi connectivity index (χ3v) is 3.35. The number of benzene rings is 2. The summed E-state index contributed by atoms with van der Waals surface area (Å²) in [5.41, 5.74) is 3.14. The van der Waals surface area contributed by atoms with Gasteiger partial charge in [0.15, 0.2) is 0 Å². The van der Waals surface area contributed by atoms with Gasteiger partial charge in [-0.05, 0) is 61.4 Å². The molecule has 0 atom stereocenters. The molecule has 0 radical (unpaired) electrons. The minimum absolute atomic E-state index is 0. The Balaban J connectivity index is -0.000000404. The van der Waals surface area contributed by atoms with Gasteiger partial charge >= 0.3 is 30.8 Å². The molecule has 28 heavy (non-hydrogen) atoms. The third kappa shape index (κ3) is 8.05. The zero-order valence-corrected chi connectivity index (χ0v) is 16.0. The Morgan fingerprint density at radius 1 is 0.929 bits per heavy atom. The van der Waals surface area contributed by atoms with Crippen molar-refractivity contribution in [3.63, 3.8) is 0 Å². The van der Waals surface area contributed by atoms with E-state index >= 15 is 0 Å². The molecule has 8 nitrogen and oxygen atoms in total. The summed E-state index contributed by atoms with van der Waals surface area (Å²) in [6.45, 7) is 3.44. The molecule has 2 rings (SSSR count). The Morgan fingerprint density at radius 2 is 1.32 bits per heavy atom. The number of aromatic carboxylic acids is 1. The number of nitrogens with zero attached hydrogens (tertiary/aromatic N) is 2. The third-order valence-electron chi connectivity index (χ3n) is 3.35. The van der Waals surface area contributed by atoms with Gasteiger partial charge in [-0.25, -0.2) is 9.59 Å². The van der Waals surface area contributed by atoms with E-state index in [-0.39, 0.29) is 41.3 Å². The Hall–Kier alpha value is -3.12. The van der Waals surface area contributed by atoms with Gasteiger partial charge < -0.3 is 20.8 Å². The molecule has 0 saturated carbocycles. The Morgan fingerprint density at radius 3 is 1.61 bits per heavy atom. The number of carboxylic acid groups (broad SMARTS) is 1. The standard InChI is InChI=1S/C10H9NO2.C9H7NO2.Li.2H2O/c1-7-5-8(6-11)3-4-9(7)10(12)13-2;1-6-4-7(5-10)2-3-8(6)9(11)12;;;/h3-5H,1-2H3;2-4H,1H3,(H,11,12);;2*1H2/q;;+1;;/p-1. The molecule has 0 saturated heterocycles. The van der Waals surface area contributed by atoms with Crippen molar-refractivity contribution in [3.05, 3.63) is 69.8 Å². The van der Waals surface area contributed by atoms with E-state index in [0.29, 0.717) is 22.3 Å². The van der Waals surface area contributed by atoms with E-state index < -0.39 is 5.97 Å². The van der Waals surface area contributed by atoms with Gasteiger partial charge in [0.1, 0.15) is 0 Å². The van der Waals surface area contributed by atoms with Crippen LogP contribution < -0.4 is 18.9 Å². The second kappa shape index (κ2) is 14.0. The van der Waals surface area contributed by atoms with Crippen molar-refractivity contribution in [1.82, 2.24) is 0 Å². The molecule has 9 heteroatoms. The van der Waals surface area contributed by atoms with Gasteiger partial charge in [-0.2, -0.15) is 10.5 Å². The van der Waals surface area contributed by atoms with Crippen LogP contribution in [0, 0.1) is 36.5 Å². The first kappa shape index (κ1) is 29.6. The molecule has 0 aliphatic rings. The maximum Gasteiger partial charge on any atom is 1.00 e. The number of methoxy groups -OCH3 is 1. The van der Waals surface area contributed by atoms with Crippen molar-refractivity contribution < 1.29 is 49.2 Å². The van der Waals surface area contributed by atoms with Crippen molar-refractivity contribution >= 4 is 11.9 Å². The van der Waals surface area contributed by atoms with Gasteiger partial charge in [0, 0.05) is 0 Å². The average Bonchev–Trinajstić information content (AvgIpc) is 2.60. The molecule has 0 fully saturated rings. The van der Waals surface area contributed by atoms with E-state index in [1.54, 1.807) is 38.1 Å². The van der Waals surface area contributed by atoms with Crippen LogP contribution in [-0.2, 0) is 4.74 Å². The van der Waals surface area contributed by atoms with Gasteiger partial charge in [-0.3, -0.25) is 0 Å². The summed E-state index contributed by atoms with van der Waals surface area (Å²) in [5.74, 6) is -1.33. The molecule has 4 N–H and O–H groups in total. The molecular weight excluding hydrogens is 359 g/mol. The van der Waals surface area contributed by atoms with Crippen molar-refractivity contribution in [2.45, 2.75) is 13.8 Å². The zero-order chi connectivity index (χ0) is 19.0. The van der Waals surface area contributed by atoms with Crippen molar-refractivity contribution in [2.24, 2.45) is 0 Å². The monoisotopic (exact) mass is 378 g/mol. The molecule has 0 aromatic heterocycles. The smallest absolute Gasteiger partial charge is 0.870 e. The number of ether oxygens (including phenoxy) is 1. The predicted molar refractivity (Wildman–Crippen MR) is 95.6 cm³/mol. The normalized spacial score (nSPS) is 8.04. The molecule has 0 spiro atoms. The molecule has 2 aromatic carbocycles. The molecule has 142 valence electrons. The molecule has 0 aliphatic heterocycles. The van der Waals surface area contributed by atoms with Crippen molar-refractivity contribution in [3.8, 4) is 12.1 Å². The van der Waals surface area contributed by atoms with Gasteiger partial charge in [0.2, 0.25) is 0 Å². The minimum Gasteiger partial charge on any atom is -0.870 e. The molecule has 0 amide bonds. The van der Waals surface area contributed by atoms with Crippen LogP contribution in [0.1, 0.15) is 43.0 Å². The SMILES string of the molecule is COC(=O)c1ccc(C#N)cc1C.Cc1cc(C#N)ccc1C(=O)O.O.[Li+].[OH-]. The van der Waals surface area contributed by atoms with Crippen molar-refractivity contribution in [1.29, 1.82) is 10.5 Å². The van der Waals surface area contributed by atoms with E-state index in [1.807, 2.05) is 12.1 Å². The fourth-order valence-electron chi connectivity index (χ4n) is 2.05. The fourth-order valence-corrected chi connectivity index (χ4v) is 2.05. The van der Waals surface area contributed by atoms with Crippen LogP contribution in [0.15, 0.2) is 36.4 Å². The summed E-state index contributed by atoms with van der Waals surface area (Å²) in [6, 6.07) is 13.3. The number of carboxylic acids is 1. The summed E-state index contributed by atoms with van der Waals surface area (Å²) in [6.07, 6.45) is 0. The Bertz CT molecular complexity index is 900. The van der Waals surface area contributed by atoms with Crippen LogP contribution in [0.25, 0.3) is 0 Å². The zero-order valence-electron chi connectivity index (χ0n) is 16.0. The quantitative estimate of drug-likeness (QED) is 0.527. The minimum atomic E-state index is -0.961. The summed E-state index contributed by atoms with van der Waals surface area (Å²) in [7, 11) is 1.33. The van der Waals surface area contributed by atoms with Gasteiger partial charge in [-0.15, -0.1) is 0 Å². The molecular formula is C19H19LiN2O6. The second-order valence-electron chi connectivity index (χ2n) is 5.08. The van der Waals surface area contributed by atoms with E-state index in [4.69, 9.17) is 15.6 Å². The van der Waals surface area contributed by atoms with E-state index in [1.165, 1.54) is 19.2 Å². The summed E-state index contributed by atoms with van der Waals surface area (Å²) in [4.78, 5) is 21.7. The Labute approximate surface area is 174 Å². The second-order valence-corrected chi connectivity index (χ2v) is 5.08. The number of hydrogen-bond donors (Lipinski definition) is 1. The van der Waals surface area contributed by atoms with Gasteiger partial charge in [-0.1, -0.05) is 0 Å². The largest absolute Gasteiger partial charge is 1.00 e. The number of esters is 1. The average molecular weight is 378 g/mol.